The van der Waals surface area contributed by atoms with E-state index in [9.17, 15) is 0 Å². The van der Waals surface area contributed by atoms with Crippen molar-refractivity contribution >= 4 is 22.3 Å². The summed E-state index contributed by atoms with van der Waals surface area (Å²) in [4.78, 5) is 6.83. The maximum absolute atomic E-state index is 6.21. The van der Waals surface area contributed by atoms with Gasteiger partial charge in [0.1, 0.15) is 17.9 Å². The molecule has 1 saturated heterocycles. The number of anilines is 1. The highest BCUT2D eigenvalue weighted by atomic mass is 16.5. The van der Waals surface area contributed by atoms with Gasteiger partial charge in [0, 0.05) is 35.8 Å². The molecule has 1 aliphatic heterocycles. The average molecular weight is 407 g/mol. The van der Waals surface area contributed by atoms with Crippen LogP contribution in [0.15, 0.2) is 47.0 Å². The quantitative estimate of drug-likeness (QED) is 0.543. The molecule has 8 nitrogen and oxygen atoms in total. The molecule has 2 atom stereocenters. The number of imidazole rings is 1. The number of hydrogen-bond acceptors (Lipinski definition) is 7. The maximum Gasteiger partial charge on any atom is 0.231 e. The molecule has 0 aliphatic carbocycles. The molecule has 2 N–H and O–H groups in total. The molecule has 0 saturated carbocycles. The van der Waals surface area contributed by atoms with E-state index in [-0.39, 0.29) is 6.04 Å². The Kier molecular flexibility index (Phi) is 4.80. The minimum Gasteiger partial charge on any atom is -0.475 e. The smallest absolute Gasteiger partial charge is 0.231 e. The number of benzene rings is 1. The van der Waals surface area contributed by atoms with Gasteiger partial charge in [-0.05, 0) is 38.1 Å². The fourth-order valence-corrected chi connectivity index (χ4v) is 3.83. The van der Waals surface area contributed by atoms with E-state index in [1.165, 1.54) is 0 Å². The van der Waals surface area contributed by atoms with E-state index < -0.39 is 0 Å². The van der Waals surface area contributed by atoms with E-state index >= 15 is 0 Å². The van der Waals surface area contributed by atoms with Crippen LogP contribution in [0.2, 0.25) is 0 Å². The molecule has 5 rings (SSSR count). The fourth-order valence-electron chi connectivity index (χ4n) is 3.83. The lowest BCUT2D eigenvalue weighted by Crippen LogP contribution is -2.43. The third-order valence-corrected chi connectivity index (χ3v) is 5.30. The van der Waals surface area contributed by atoms with Crippen molar-refractivity contribution in [2.75, 3.05) is 31.3 Å². The van der Waals surface area contributed by atoms with Crippen molar-refractivity contribution in [3.05, 3.63) is 42.6 Å². The van der Waals surface area contributed by atoms with Crippen LogP contribution in [0, 0.1) is 0 Å². The van der Waals surface area contributed by atoms with Gasteiger partial charge in [-0.2, -0.15) is 0 Å². The lowest BCUT2D eigenvalue weighted by atomic mass is 10.1. The predicted octanol–water partition coefficient (Wildman–Crippen LogP) is 3.09. The van der Waals surface area contributed by atoms with Gasteiger partial charge in [0.05, 0.1) is 19.4 Å². The number of furan rings is 1. The molecule has 0 unspecified atom stereocenters. The zero-order valence-corrected chi connectivity index (χ0v) is 17.1. The second kappa shape index (κ2) is 7.62. The van der Waals surface area contributed by atoms with Gasteiger partial charge < -0.3 is 24.5 Å². The summed E-state index contributed by atoms with van der Waals surface area (Å²) in [5, 5.41) is 5.64. The first-order valence-corrected chi connectivity index (χ1v) is 10.2. The molecule has 0 amide bonds. The SMILES string of the molecule is C[C@@H]1COCCN1c1cccc2oc(-c3cnc4ccc(OC[C@@H](C)N)nn34)cc12. The highest BCUT2D eigenvalue weighted by Crippen LogP contribution is 2.35. The van der Waals surface area contributed by atoms with E-state index in [4.69, 9.17) is 19.6 Å². The highest BCUT2D eigenvalue weighted by Gasteiger charge is 2.23. The maximum atomic E-state index is 6.21. The van der Waals surface area contributed by atoms with Crippen molar-refractivity contribution in [2.45, 2.75) is 25.9 Å². The number of fused-ring (bicyclic) bond motifs is 2. The van der Waals surface area contributed by atoms with Gasteiger partial charge in [-0.3, -0.25) is 0 Å². The van der Waals surface area contributed by atoms with Crippen molar-refractivity contribution in [3.63, 3.8) is 0 Å². The van der Waals surface area contributed by atoms with Crippen molar-refractivity contribution in [1.82, 2.24) is 14.6 Å². The number of morpholine rings is 1. The number of nitrogens with two attached hydrogens (primary N) is 1. The average Bonchev–Trinajstić information content (AvgIpc) is 3.36. The van der Waals surface area contributed by atoms with Gasteiger partial charge in [0.25, 0.3) is 0 Å². The number of ether oxygens (including phenoxy) is 2. The molecule has 3 aromatic heterocycles. The Bertz CT molecular complexity index is 1180. The molecule has 0 radical (unpaired) electrons. The van der Waals surface area contributed by atoms with E-state index in [0.29, 0.717) is 24.3 Å². The lowest BCUT2D eigenvalue weighted by Gasteiger charge is -2.35. The zero-order valence-electron chi connectivity index (χ0n) is 17.1. The minimum atomic E-state index is -0.0684. The highest BCUT2D eigenvalue weighted by molar-refractivity contribution is 5.94. The van der Waals surface area contributed by atoms with E-state index in [1.54, 1.807) is 16.8 Å². The number of hydrogen-bond donors (Lipinski definition) is 1. The van der Waals surface area contributed by atoms with Crippen LogP contribution in [0.1, 0.15) is 13.8 Å². The largest absolute Gasteiger partial charge is 0.475 e. The molecule has 0 bridgehead atoms. The van der Waals surface area contributed by atoms with Gasteiger partial charge in [0.15, 0.2) is 11.4 Å². The predicted molar refractivity (Wildman–Crippen MR) is 115 cm³/mol. The molecule has 8 heteroatoms. The van der Waals surface area contributed by atoms with E-state index in [1.807, 2.05) is 25.1 Å². The Balaban J connectivity index is 1.55. The topological polar surface area (TPSA) is 91.0 Å². The molecule has 4 heterocycles. The van der Waals surface area contributed by atoms with Gasteiger partial charge in [-0.1, -0.05) is 6.07 Å². The van der Waals surface area contributed by atoms with Crippen molar-refractivity contribution in [2.24, 2.45) is 5.73 Å². The summed E-state index contributed by atoms with van der Waals surface area (Å²) < 4.78 is 19.2. The van der Waals surface area contributed by atoms with Crippen LogP contribution in [0.25, 0.3) is 28.1 Å². The van der Waals surface area contributed by atoms with Gasteiger partial charge in [-0.25, -0.2) is 9.50 Å². The molecule has 1 aliphatic rings. The fraction of sp³-hybridized carbons (Fsp3) is 0.364. The second-order valence-electron chi connectivity index (χ2n) is 7.79. The van der Waals surface area contributed by atoms with Crippen LogP contribution in [-0.4, -0.2) is 53.0 Å². The van der Waals surface area contributed by atoms with Crippen molar-refractivity contribution in [1.29, 1.82) is 0 Å². The summed E-state index contributed by atoms with van der Waals surface area (Å²) in [6.45, 7) is 6.78. The molecule has 156 valence electrons. The second-order valence-corrected chi connectivity index (χ2v) is 7.79. The zero-order chi connectivity index (χ0) is 20.7. The molecular formula is C22H25N5O3. The first-order valence-electron chi connectivity index (χ1n) is 10.2. The first-order chi connectivity index (χ1) is 14.6. The van der Waals surface area contributed by atoms with Crippen LogP contribution in [0.3, 0.4) is 0 Å². The Labute approximate surface area is 174 Å². The molecule has 1 aromatic carbocycles. The molecule has 0 spiro atoms. The van der Waals surface area contributed by atoms with Gasteiger partial charge >= 0.3 is 0 Å². The summed E-state index contributed by atoms with van der Waals surface area (Å²) in [5.74, 6) is 1.21. The van der Waals surface area contributed by atoms with Gasteiger partial charge in [-0.15, -0.1) is 5.10 Å². The summed E-state index contributed by atoms with van der Waals surface area (Å²) in [7, 11) is 0. The summed E-state index contributed by atoms with van der Waals surface area (Å²) in [6, 6.07) is 12.1. The normalized spacial score (nSPS) is 18.2. The standard InChI is InChI=1S/C22H25N5O3/c1-14(23)12-29-22-7-6-21-24-11-18(27(21)25-22)20-10-16-17(4-3-5-19(16)30-20)26-8-9-28-13-15(26)2/h3-7,10-11,14-15H,8-9,12-13,23H2,1-2H3/t14-,15-/m1/s1. The number of rotatable bonds is 5. The van der Waals surface area contributed by atoms with Crippen LogP contribution < -0.4 is 15.4 Å². The summed E-state index contributed by atoms with van der Waals surface area (Å²) in [5.41, 5.74) is 9.27. The van der Waals surface area contributed by atoms with Crippen molar-refractivity contribution < 1.29 is 13.9 Å². The van der Waals surface area contributed by atoms with Crippen LogP contribution in [0.4, 0.5) is 5.69 Å². The van der Waals surface area contributed by atoms with Crippen LogP contribution >= 0.6 is 0 Å². The van der Waals surface area contributed by atoms with Crippen LogP contribution in [-0.2, 0) is 4.74 Å². The number of aromatic nitrogens is 3. The molecular weight excluding hydrogens is 382 g/mol. The van der Waals surface area contributed by atoms with Crippen LogP contribution in [0.5, 0.6) is 5.88 Å². The third-order valence-electron chi connectivity index (χ3n) is 5.30. The van der Waals surface area contributed by atoms with E-state index in [0.717, 1.165) is 47.8 Å². The Hall–Kier alpha value is -3.10. The number of nitrogens with zero attached hydrogens (tertiary/aromatic N) is 4. The van der Waals surface area contributed by atoms with Crippen molar-refractivity contribution in [3.8, 4) is 17.3 Å². The minimum absolute atomic E-state index is 0.0684. The lowest BCUT2D eigenvalue weighted by molar-refractivity contribution is 0.0991. The Morgan fingerprint density at radius 3 is 3.03 bits per heavy atom. The van der Waals surface area contributed by atoms with E-state index in [2.05, 4.69) is 34.0 Å². The Morgan fingerprint density at radius 2 is 2.20 bits per heavy atom. The first kappa shape index (κ1) is 18.9. The monoisotopic (exact) mass is 407 g/mol. The molecule has 4 aromatic rings. The summed E-state index contributed by atoms with van der Waals surface area (Å²) >= 11 is 0. The third kappa shape index (κ3) is 3.38. The summed E-state index contributed by atoms with van der Waals surface area (Å²) in [6.07, 6.45) is 1.77. The van der Waals surface area contributed by atoms with Gasteiger partial charge in [0.2, 0.25) is 5.88 Å². The molecule has 30 heavy (non-hydrogen) atoms. The Morgan fingerprint density at radius 1 is 1.30 bits per heavy atom. The molecule has 1 fully saturated rings.